The van der Waals surface area contributed by atoms with E-state index in [2.05, 4.69) is 10.2 Å². The van der Waals surface area contributed by atoms with Crippen molar-refractivity contribution in [3.8, 4) is 11.5 Å². The molecule has 6 heteroatoms. The van der Waals surface area contributed by atoms with Crippen LogP contribution in [0, 0.1) is 5.82 Å². The first-order valence-corrected chi connectivity index (χ1v) is 8.62. The molecule has 2 heterocycles. The van der Waals surface area contributed by atoms with Gasteiger partial charge in [0.15, 0.2) is 11.5 Å². The predicted octanol–water partition coefficient (Wildman–Crippen LogP) is 3.81. The van der Waals surface area contributed by atoms with Crippen molar-refractivity contribution in [1.29, 1.82) is 0 Å². The molecule has 4 rings (SSSR count). The number of carbonyl (C=O) groups is 1. The summed E-state index contributed by atoms with van der Waals surface area (Å²) in [6.07, 6.45) is 5.31. The maximum absolute atomic E-state index is 13.9. The minimum absolute atomic E-state index is 0.210. The number of nitrogens with one attached hydrogen (secondary N) is 1. The summed E-state index contributed by atoms with van der Waals surface area (Å²) in [5.74, 6) is 0.679. The molecule has 1 saturated heterocycles. The number of hydrogen-bond acceptors (Lipinski definition) is 4. The van der Waals surface area contributed by atoms with Crippen LogP contribution in [0.4, 0.5) is 15.8 Å². The van der Waals surface area contributed by atoms with Crippen LogP contribution in [0.15, 0.2) is 42.5 Å². The standard InChI is InChI=1S/C20H19FN2O3/c21-15-10-16(12-17(11-15)23-7-1-2-8-23)22-20(24)6-4-14-3-5-18-19(9-14)26-13-25-18/h3-6,9-12H,1-2,7-8,13H2,(H,22,24)/b6-4+. The fraction of sp³-hybridized carbons (Fsp3) is 0.250. The number of benzene rings is 2. The van der Waals surface area contributed by atoms with Gasteiger partial charge >= 0.3 is 0 Å². The van der Waals surface area contributed by atoms with E-state index >= 15 is 0 Å². The number of ether oxygens (including phenoxy) is 2. The van der Waals surface area contributed by atoms with Crippen molar-refractivity contribution in [2.75, 3.05) is 30.1 Å². The number of halogens is 1. The number of nitrogens with zero attached hydrogens (tertiary/aromatic N) is 1. The largest absolute Gasteiger partial charge is 0.454 e. The van der Waals surface area contributed by atoms with Gasteiger partial charge in [0, 0.05) is 30.5 Å². The molecule has 0 unspecified atom stereocenters. The quantitative estimate of drug-likeness (QED) is 0.849. The Morgan fingerprint density at radius 3 is 2.73 bits per heavy atom. The summed E-state index contributed by atoms with van der Waals surface area (Å²) in [5.41, 5.74) is 2.08. The Labute approximate surface area is 151 Å². The molecule has 0 bridgehead atoms. The van der Waals surface area contributed by atoms with Crippen molar-refractivity contribution in [3.05, 3.63) is 53.9 Å². The molecule has 0 radical (unpaired) electrons. The minimum atomic E-state index is -0.357. The topological polar surface area (TPSA) is 50.8 Å². The highest BCUT2D eigenvalue weighted by Crippen LogP contribution is 2.32. The molecule has 0 aliphatic carbocycles. The van der Waals surface area contributed by atoms with E-state index in [0.29, 0.717) is 17.2 Å². The first kappa shape index (κ1) is 16.4. The third kappa shape index (κ3) is 3.64. The lowest BCUT2D eigenvalue weighted by molar-refractivity contribution is -0.111. The normalized spacial score (nSPS) is 15.7. The highest BCUT2D eigenvalue weighted by atomic mass is 19.1. The van der Waals surface area contributed by atoms with Crippen molar-refractivity contribution in [3.63, 3.8) is 0 Å². The van der Waals surface area contributed by atoms with E-state index < -0.39 is 0 Å². The number of rotatable bonds is 4. The van der Waals surface area contributed by atoms with Crippen molar-refractivity contribution in [2.24, 2.45) is 0 Å². The van der Waals surface area contributed by atoms with Crippen LogP contribution in [-0.4, -0.2) is 25.8 Å². The van der Waals surface area contributed by atoms with Gasteiger partial charge in [-0.2, -0.15) is 0 Å². The maximum atomic E-state index is 13.9. The molecule has 0 atom stereocenters. The van der Waals surface area contributed by atoms with Gasteiger partial charge in [0.05, 0.1) is 0 Å². The summed E-state index contributed by atoms with van der Waals surface area (Å²) in [6, 6.07) is 10.1. The van der Waals surface area contributed by atoms with Crippen molar-refractivity contribution >= 4 is 23.4 Å². The van der Waals surface area contributed by atoms with Gasteiger partial charge in [-0.05, 0) is 54.8 Å². The van der Waals surface area contributed by atoms with Gasteiger partial charge in [-0.25, -0.2) is 4.39 Å². The Balaban J connectivity index is 1.44. The summed E-state index contributed by atoms with van der Waals surface area (Å²) >= 11 is 0. The number of anilines is 2. The molecule has 0 spiro atoms. The molecule has 2 aromatic carbocycles. The Kier molecular flexibility index (Phi) is 4.48. The lowest BCUT2D eigenvalue weighted by Gasteiger charge is -2.18. The van der Waals surface area contributed by atoms with Gasteiger partial charge < -0.3 is 19.7 Å². The molecule has 2 aromatic rings. The zero-order valence-corrected chi connectivity index (χ0v) is 14.2. The molecule has 2 aliphatic heterocycles. The maximum Gasteiger partial charge on any atom is 0.248 e. The lowest BCUT2D eigenvalue weighted by atomic mass is 10.2. The SMILES string of the molecule is O=C(/C=C/c1ccc2c(c1)OCO2)Nc1cc(F)cc(N2CCCC2)c1. The molecule has 2 aliphatic rings. The molecular weight excluding hydrogens is 335 g/mol. The second kappa shape index (κ2) is 7.07. The fourth-order valence-electron chi connectivity index (χ4n) is 3.18. The molecule has 5 nitrogen and oxygen atoms in total. The van der Waals surface area contributed by atoms with E-state index in [-0.39, 0.29) is 18.5 Å². The van der Waals surface area contributed by atoms with E-state index in [1.165, 1.54) is 18.2 Å². The van der Waals surface area contributed by atoms with Crippen molar-refractivity contribution < 1.29 is 18.7 Å². The van der Waals surface area contributed by atoms with Gasteiger partial charge in [-0.3, -0.25) is 4.79 Å². The van der Waals surface area contributed by atoms with Crippen LogP contribution in [-0.2, 0) is 4.79 Å². The summed E-state index contributed by atoms with van der Waals surface area (Å²) < 4.78 is 24.5. The average Bonchev–Trinajstić information content (AvgIpc) is 3.30. The number of amides is 1. The first-order chi connectivity index (χ1) is 12.7. The fourth-order valence-corrected chi connectivity index (χ4v) is 3.18. The second-order valence-corrected chi connectivity index (χ2v) is 6.33. The molecule has 1 amide bonds. The third-order valence-electron chi connectivity index (χ3n) is 4.45. The first-order valence-electron chi connectivity index (χ1n) is 8.62. The highest BCUT2D eigenvalue weighted by molar-refractivity contribution is 6.02. The summed E-state index contributed by atoms with van der Waals surface area (Å²) in [6.45, 7) is 2.05. The molecule has 0 aromatic heterocycles. The minimum Gasteiger partial charge on any atom is -0.454 e. The van der Waals surface area contributed by atoms with Crippen molar-refractivity contribution in [1.82, 2.24) is 0 Å². The van der Waals surface area contributed by atoms with Gasteiger partial charge in [-0.15, -0.1) is 0 Å². The van der Waals surface area contributed by atoms with Crippen LogP contribution in [0.1, 0.15) is 18.4 Å². The van der Waals surface area contributed by atoms with E-state index in [0.717, 1.165) is 37.2 Å². The number of hydrogen-bond donors (Lipinski definition) is 1. The Hall–Kier alpha value is -3.02. The molecule has 1 N–H and O–H groups in total. The van der Waals surface area contributed by atoms with E-state index in [1.807, 2.05) is 6.07 Å². The van der Waals surface area contributed by atoms with Gasteiger partial charge in [0.2, 0.25) is 12.7 Å². The Morgan fingerprint density at radius 1 is 1.08 bits per heavy atom. The third-order valence-corrected chi connectivity index (χ3v) is 4.45. The molecule has 134 valence electrons. The Bertz CT molecular complexity index is 860. The molecule has 1 fully saturated rings. The highest BCUT2D eigenvalue weighted by Gasteiger charge is 2.15. The molecular formula is C20H19FN2O3. The van der Waals surface area contributed by atoms with Crippen LogP contribution < -0.4 is 19.7 Å². The van der Waals surface area contributed by atoms with Crippen LogP contribution >= 0.6 is 0 Å². The van der Waals surface area contributed by atoms with Crippen molar-refractivity contribution in [2.45, 2.75) is 12.8 Å². The van der Waals surface area contributed by atoms with Crippen LogP contribution in [0.5, 0.6) is 11.5 Å². The molecule has 26 heavy (non-hydrogen) atoms. The summed E-state index contributed by atoms with van der Waals surface area (Å²) in [7, 11) is 0. The monoisotopic (exact) mass is 354 g/mol. The van der Waals surface area contributed by atoms with Crippen LogP contribution in [0.3, 0.4) is 0 Å². The van der Waals surface area contributed by atoms with Gasteiger partial charge in [0.1, 0.15) is 5.82 Å². The number of fused-ring (bicyclic) bond motifs is 1. The zero-order chi connectivity index (χ0) is 17.9. The van der Waals surface area contributed by atoms with E-state index in [4.69, 9.17) is 9.47 Å². The average molecular weight is 354 g/mol. The Morgan fingerprint density at radius 2 is 1.88 bits per heavy atom. The second-order valence-electron chi connectivity index (χ2n) is 6.33. The van der Waals surface area contributed by atoms with Crippen LogP contribution in [0.2, 0.25) is 0 Å². The zero-order valence-electron chi connectivity index (χ0n) is 14.2. The lowest BCUT2D eigenvalue weighted by Crippen LogP contribution is -2.18. The van der Waals surface area contributed by atoms with Gasteiger partial charge in [0.25, 0.3) is 0 Å². The van der Waals surface area contributed by atoms with E-state index in [9.17, 15) is 9.18 Å². The summed E-state index contributed by atoms with van der Waals surface area (Å²) in [5, 5.41) is 2.72. The van der Waals surface area contributed by atoms with E-state index in [1.54, 1.807) is 24.3 Å². The summed E-state index contributed by atoms with van der Waals surface area (Å²) in [4.78, 5) is 14.3. The molecule has 0 saturated carbocycles. The number of carbonyl (C=O) groups excluding carboxylic acids is 1. The van der Waals surface area contributed by atoms with Gasteiger partial charge in [-0.1, -0.05) is 6.07 Å². The van der Waals surface area contributed by atoms with Crippen LogP contribution in [0.25, 0.3) is 6.08 Å². The smallest absolute Gasteiger partial charge is 0.248 e. The predicted molar refractivity (Wildman–Crippen MR) is 98.1 cm³/mol.